The lowest BCUT2D eigenvalue weighted by molar-refractivity contribution is 0.626. The average Bonchev–Trinajstić information content (AvgIpc) is 2.67. The lowest BCUT2D eigenvalue weighted by Crippen LogP contribution is -2.03. The Morgan fingerprint density at radius 2 is 2.05 bits per heavy atom. The number of para-hydroxylation sites is 1. The van der Waals surface area contributed by atoms with Crippen LogP contribution < -0.4 is 5.73 Å². The van der Waals surface area contributed by atoms with Crippen LogP contribution in [0, 0.1) is 16.3 Å². The number of nitrogen functional groups attached to an aromatic ring is 1. The minimum absolute atomic E-state index is 0.257. The number of hydrogen-bond donors (Lipinski definition) is 1. The van der Waals surface area contributed by atoms with Gasteiger partial charge in [-0.15, -0.1) is 0 Å². The van der Waals surface area contributed by atoms with E-state index >= 15 is 0 Å². The van der Waals surface area contributed by atoms with Gasteiger partial charge in [-0.2, -0.15) is 0 Å². The van der Waals surface area contributed by atoms with E-state index in [1.54, 1.807) is 6.07 Å². The van der Waals surface area contributed by atoms with Gasteiger partial charge in [0.1, 0.15) is 5.82 Å². The van der Waals surface area contributed by atoms with Crippen molar-refractivity contribution in [3.05, 3.63) is 51.3 Å². The van der Waals surface area contributed by atoms with Crippen LogP contribution in [0.1, 0.15) is 5.56 Å². The highest BCUT2D eigenvalue weighted by molar-refractivity contribution is 14.1. The molecule has 96 valence electrons. The predicted octanol–water partition coefficient (Wildman–Crippen LogP) is 3.66. The molecule has 1 aromatic heterocycles. The normalized spacial score (nSPS) is 11.1. The van der Waals surface area contributed by atoms with Crippen LogP contribution in [-0.2, 0) is 0 Å². The summed E-state index contributed by atoms with van der Waals surface area (Å²) in [6.45, 7) is 2.01. The van der Waals surface area contributed by atoms with Gasteiger partial charge in [-0.05, 0) is 59.3 Å². The van der Waals surface area contributed by atoms with Crippen LogP contribution in [0.5, 0.6) is 0 Å². The first-order valence-electron chi connectivity index (χ1n) is 5.77. The van der Waals surface area contributed by atoms with Crippen molar-refractivity contribution in [2.24, 2.45) is 0 Å². The Labute approximate surface area is 123 Å². The van der Waals surface area contributed by atoms with Crippen molar-refractivity contribution >= 4 is 39.6 Å². The summed E-state index contributed by atoms with van der Waals surface area (Å²) < 4.78 is 15.9. The number of nitrogens with two attached hydrogens (primary N) is 1. The Bertz CT molecular complexity index is 780. The van der Waals surface area contributed by atoms with E-state index in [0.717, 1.165) is 25.9 Å². The summed E-state index contributed by atoms with van der Waals surface area (Å²) in [7, 11) is 0. The lowest BCUT2D eigenvalue weighted by atomic mass is 10.2. The van der Waals surface area contributed by atoms with Gasteiger partial charge in [0.15, 0.2) is 0 Å². The van der Waals surface area contributed by atoms with Gasteiger partial charge in [-0.25, -0.2) is 9.37 Å². The third kappa shape index (κ3) is 1.98. The van der Waals surface area contributed by atoms with Gasteiger partial charge in [-0.3, -0.25) is 4.57 Å². The van der Waals surface area contributed by atoms with E-state index in [4.69, 9.17) is 5.73 Å². The van der Waals surface area contributed by atoms with Gasteiger partial charge in [0, 0.05) is 3.57 Å². The Hall–Kier alpha value is -1.63. The van der Waals surface area contributed by atoms with Crippen molar-refractivity contribution in [1.82, 2.24) is 9.55 Å². The topological polar surface area (TPSA) is 43.8 Å². The van der Waals surface area contributed by atoms with Crippen LogP contribution in [0.2, 0.25) is 0 Å². The molecule has 2 aromatic carbocycles. The van der Waals surface area contributed by atoms with Crippen LogP contribution >= 0.6 is 22.6 Å². The van der Waals surface area contributed by atoms with Crippen molar-refractivity contribution < 1.29 is 4.39 Å². The quantitative estimate of drug-likeness (QED) is 0.668. The minimum Gasteiger partial charge on any atom is -0.369 e. The number of rotatable bonds is 1. The SMILES string of the molecule is Cc1cccc2nc(N)n(-c3ccc(F)cc3I)c12. The van der Waals surface area contributed by atoms with E-state index in [9.17, 15) is 4.39 Å². The first kappa shape index (κ1) is 12.4. The van der Waals surface area contributed by atoms with Gasteiger partial charge in [-0.1, -0.05) is 12.1 Å². The summed E-state index contributed by atoms with van der Waals surface area (Å²) in [5, 5.41) is 0. The van der Waals surface area contributed by atoms with E-state index in [0.29, 0.717) is 5.95 Å². The first-order valence-corrected chi connectivity index (χ1v) is 6.85. The van der Waals surface area contributed by atoms with Gasteiger partial charge in [0.2, 0.25) is 5.95 Å². The maximum absolute atomic E-state index is 13.2. The van der Waals surface area contributed by atoms with Gasteiger partial charge >= 0.3 is 0 Å². The number of aryl methyl sites for hydroxylation is 1. The largest absolute Gasteiger partial charge is 0.369 e. The molecule has 0 aliphatic rings. The average molecular weight is 367 g/mol. The van der Waals surface area contributed by atoms with Gasteiger partial charge < -0.3 is 5.73 Å². The third-order valence-corrected chi connectivity index (χ3v) is 3.92. The van der Waals surface area contributed by atoms with Crippen molar-refractivity contribution in [3.8, 4) is 5.69 Å². The molecule has 0 saturated heterocycles. The van der Waals surface area contributed by atoms with Crippen molar-refractivity contribution in [1.29, 1.82) is 0 Å². The zero-order valence-corrected chi connectivity index (χ0v) is 12.3. The molecule has 3 rings (SSSR count). The van der Waals surface area contributed by atoms with Crippen molar-refractivity contribution in [2.75, 3.05) is 5.73 Å². The highest BCUT2D eigenvalue weighted by atomic mass is 127. The van der Waals surface area contributed by atoms with E-state index < -0.39 is 0 Å². The molecule has 5 heteroatoms. The molecule has 3 aromatic rings. The molecule has 0 atom stereocenters. The zero-order chi connectivity index (χ0) is 13.6. The Balaban J connectivity index is 2.39. The summed E-state index contributed by atoms with van der Waals surface area (Å²) in [6, 6.07) is 10.5. The van der Waals surface area contributed by atoms with Gasteiger partial charge in [0.25, 0.3) is 0 Å². The summed E-state index contributed by atoms with van der Waals surface area (Å²) in [5.74, 6) is 0.154. The molecule has 1 heterocycles. The van der Waals surface area contributed by atoms with E-state index in [-0.39, 0.29) is 5.82 Å². The number of imidazole rings is 1. The molecule has 0 amide bonds. The number of nitrogens with zero attached hydrogens (tertiary/aromatic N) is 2. The monoisotopic (exact) mass is 367 g/mol. The molecule has 0 saturated carbocycles. The number of benzene rings is 2. The van der Waals surface area contributed by atoms with Crippen molar-refractivity contribution in [2.45, 2.75) is 6.92 Å². The van der Waals surface area contributed by atoms with E-state index in [1.165, 1.54) is 12.1 Å². The molecular weight excluding hydrogens is 356 g/mol. The predicted molar refractivity (Wildman–Crippen MR) is 82.9 cm³/mol. The summed E-state index contributed by atoms with van der Waals surface area (Å²) in [4.78, 5) is 4.36. The molecule has 0 aliphatic heterocycles. The second kappa shape index (κ2) is 4.48. The highest BCUT2D eigenvalue weighted by Crippen LogP contribution is 2.28. The van der Waals surface area contributed by atoms with Crippen LogP contribution in [0.25, 0.3) is 16.7 Å². The molecule has 0 unspecified atom stereocenters. The highest BCUT2D eigenvalue weighted by Gasteiger charge is 2.14. The molecule has 19 heavy (non-hydrogen) atoms. The Morgan fingerprint density at radius 1 is 1.26 bits per heavy atom. The standard InChI is InChI=1S/C14H11FIN3/c1-8-3-2-4-11-13(8)19(14(17)18-11)12-6-5-9(15)7-10(12)16/h2-7H,1H3,(H2,17,18). The van der Waals surface area contributed by atoms with Crippen LogP contribution in [0.4, 0.5) is 10.3 Å². The van der Waals surface area contributed by atoms with Crippen molar-refractivity contribution in [3.63, 3.8) is 0 Å². The smallest absolute Gasteiger partial charge is 0.205 e. The molecule has 0 aliphatic carbocycles. The minimum atomic E-state index is -0.257. The fraction of sp³-hybridized carbons (Fsp3) is 0.0714. The number of hydrogen-bond acceptors (Lipinski definition) is 2. The molecule has 3 nitrogen and oxygen atoms in total. The summed E-state index contributed by atoms with van der Waals surface area (Å²) in [6.07, 6.45) is 0. The second-order valence-electron chi connectivity index (χ2n) is 4.34. The Kier molecular flexibility index (Phi) is 2.93. The molecule has 0 bridgehead atoms. The number of halogens is 2. The van der Waals surface area contributed by atoms with Crippen LogP contribution in [0.3, 0.4) is 0 Å². The number of aromatic nitrogens is 2. The molecule has 2 N–H and O–H groups in total. The molecule has 0 spiro atoms. The maximum atomic E-state index is 13.2. The molecule has 0 fully saturated rings. The zero-order valence-electron chi connectivity index (χ0n) is 10.2. The lowest BCUT2D eigenvalue weighted by Gasteiger charge is -2.10. The maximum Gasteiger partial charge on any atom is 0.205 e. The van der Waals surface area contributed by atoms with E-state index in [1.807, 2.05) is 29.7 Å². The second-order valence-corrected chi connectivity index (χ2v) is 5.51. The fourth-order valence-corrected chi connectivity index (χ4v) is 2.94. The van der Waals surface area contributed by atoms with Crippen LogP contribution in [-0.4, -0.2) is 9.55 Å². The number of fused-ring (bicyclic) bond motifs is 1. The first-order chi connectivity index (χ1) is 9.08. The summed E-state index contributed by atoms with van der Waals surface area (Å²) >= 11 is 2.10. The fourth-order valence-electron chi connectivity index (χ4n) is 2.22. The Morgan fingerprint density at radius 3 is 2.79 bits per heavy atom. The summed E-state index contributed by atoms with van der Waals surface area (Å²) in [5.41, 5.74) is 9.75. The van der Waals surface area contributed by atoms with Crippen LogP contribution in [0.15, 0.2) is 36.4 Å². The molecular formula is C14H11FIN3. The van der Waals surface area contributed by atoms with Gasteiger partial charge in [0.05, 0.1) is 16.7 Å². The number of anilines is 1. The molecule has 0 radical (unpaired) electrons. The van der Waals surface area contributed by atoms with E-state index in [2.05, 4.69) is 27.6 Å². The third-order valence-electron chi connectivity index (χ3n) is 3.05.